The molecule has 0 radical (unpaired) electrons. The maximum atomic E-state index is 9.23. The Labute approximate surface area is 98.6 Å². The van der Waals surface area contributed by atoms with E-state index in [4.69, 9.17) is 14.0 Å². The number of methoxy groups -OCH3 is 1. The quantitative estimate of drug-likeness (QED) is 0.855. The highest BCUT2D eigenvalue weighted by molar-refractivity contribution is 5.46. The van der Waals surface area contributed by atoms with Crippen molar-refractivity contribution >= 4 is 0 Å². The molecule has 0 unspecified atom stereocenters. The van der Waals surface area contributed by atoms with Crippen LogP contribution in [0.2, 0.25) is 0 Å². The number of ether oxygens (including phenoxy) is 2. The molecule has 2 aromatic rings. The lowest BCUT2D eigenvalue weighted by atomic mass is 10.2. The van der Waals surface area contributed by atoms with Crippen molar-refractivity contribution in [1.29, 1.82) is 0 Å². The zero-order valence-corrected chi connectivity index (χ0v) is 9.42. The van der Waals surface area contributed by atoms with Crippen LogP contribution in [0.4, 0.5) is 0 Å². The summed E-state index contributed by atoms with van der Waals surface area (Å²) in [6.45, 7) is 0.215. The number of nitrogens with zero attached hydrogens (tertiary/aromatic N) is 1. The lowest BCUT2D eigenvalue weighted by Gasteiger charge is -2.13. The summed E-state index contributed by atoms with van der Waals surface area (Å²) in [7, 11) is 1.56. The summed E-state index contributed by atoms with van der Waals surface area (Å²) in [6.07, 6.45) is 3.09. The van der Waals surface area contributed by atoms with E-state index in [1.807, 2.05) is 0 Å². The lowest BCUT2D eigenvalue weighted by Crippen LogP contribution is -2.00. The molecule has 1 aromatic heterocycles. The highest BCUT2D eigenvalue weighted by Gasteiger charge is 2.10. The van der Waals surface area contributed by atoms with Gasteiger partial charge in [0, 0.05) is 11.1 Å². The normalized spacial score (nSPS) is 10.2. The average molecular weight is 235 g/mol. The molecule has 1 N–H and O–H groups in total. The molecule has 0 saturated heterocycles. The summed E-state index contributed by atoms with van der Waals surface area (Å²) in [6, 6.07) is 5.37. The van der Waals surface area contributed by atoms with Crippen LogP contribution in [0.3, 0.4) is 0 Å². The highest BCUT2D eigenvalue weighted by atomic mass is 16.5. The Bertz CT molecular complexity index is 445. The molecule has 2 rings (SSSR count). The van der Waals surface area contributed by atoms with E-state index in [-0.39, 0.29) is 6.61 Å². The van der Waals surface area contributed by atoms with Crippen LogP contribution in [0.15, 0.2) is 35.2 Å². The first-order chi connectivity index (χ1) is 8.35. The number of aliphatic hydroxyl groups excluding tert-OH is 1. The molecule has 1 heterocycles. The third-order valence-corrected chi connectivity index (χ3v) is 2.32. The van der Waals surface area contributed by atoms with Gasteiger partial charge in [0.25, 0.3) is 0 Å². The van der Waals surface area contributed by atoms with E-state index in [1.165, 1.54) is 6.26 Å². The van der Waals surface area contributed by atoms with Crippen LogP contribution in [0.25, 0.3) is 0 Å². The number of hydrogen-bond acceptors (Lipinski definition) is 5. The first-order valence-electron chi connectivity index (χ1n) is 5.13. The minimum Gasteiger partial charge on any atom is -0.493 e. The summed E-state index contributed by atoms with van der Waals surface area (Å²) in [5.74, 6) is 1.13. The Morgan fingerprint density at radius 2 is 2.29 bits per heavy atom. The average Bonchev–Trinajstić information content (AvgIpc) is 2.88. The minimum atomic E-state index is -0.101. The summed E-state index contributed by atoms with van der Waals surface area (Å²) < 4.78 is 15.5. The van der Waals surface area contributed by atoms with Gasteiger partial charge in [0.1, 0.15) is 12.9 Å². The monoisotopic (exact) mass is 235 g/mol. The molecule has 0 spiro atoms. The number of hydrogen-bond donors (Lipinski definition) is 1. The number of para-hydroxylation sites is 1. The molecule has 0 atom stereocenters. The van der Waals surface area contributed by atoms with Gasteiger partial charge in [0.15, 0.2) is 11.5 Å². The molecule has 0 aliphatic heterocycles. The van der Waals surface area contributed by atoms with Crippen molar-refractivity contribution in [2.24, 2.45) is 0 Å². The van der Waals surface area contributed by atoms with Crippen molar-refractivity contribution in [2.45, 2.75) is 13.2 Å². The number of benzene rings is 1. The van der Waals surface area contributed by atoms with Crippen LogP contribution in [0.1, 0.15) is 11.1 Å². The van der Waals surface area contributed by atoms with Gasteiger partial charge < -0.3 is 19.1 Å². The van der Waals surface area contributed by atoms with Crippen LogP contribution in [0.5, 0.6) is 11.5 Å². The van der Waals surface area contributed by atoms with E-state index in [0.717, 1.165) is 5.56 Å². The van der Waals surface area contributed by atoms with Crippen LogP contribution in [-0.2, 0) is 13.2 Å². The van der Waals surface area contributed by atoms with Crippen LogP contribution >= 0.6 is 0 Å². The molecule has 1 aromatic carbocycles. The fraction of sp³-hybridized carbons (Fsp3) is 0.250. The summed E-state index contributed by atoms with van der Waals surface area (Å²) in [4.78, 5) is 0. The van der Waals surface area contributed by atoms with Gasteiger partial charge in [-0.05, 0) is 6.07 Å². The second-order valence-corrected chi connectivity index (χ2v) is 3.43. The Morgan fingerprint density at radius 1 is 1.41 bits per heavy atom. The molecule has 5 nitrogen and oxygen atoms in total. The Kier molecular flexibility index (Phi) is 3.62. The third-order valence-electron chi connectivity index (χ3n) is 2.32. The number of aliphatic hydroxyl groups is 1. The smallest absolute Gasteiger partial charge is 0.167 e. The zero-order valence-electron chi connectivity index (χ0n) is 9.42. The maximum Gasteiger partial charge on any atom is 0.167 e. The van der Waals surface area contributed by atoms with Crippen LogP contribution in [-0.4, -0.2) is 17.4 Å². The predicted molar refractivity (Wildman–Crippen MR) is 59.8 cm³/mol. The summed E-state index contributed by atoms with van der Waals surface area (Å²) in [5, 5.41) is 12.8. The molecule has 90 valence electrons. The summed E-state index contributed by atoms with van der Waals surface area (Å²) >= 11 is 0. The van der Waals surface area contributed by atoms with Crippen molar-refractivity contribution in [3.8, 4) is 11.5 Å². The molecule has 0 aliphatic rings. The second kappa shape index (κ2) is 5.36. The Morgan fingerprint density at radius 3 is 2.94 bits per heavy atom. The predicted octanol–water partition coefficient (Wildman–Crippen LogP) is 1.75. The molecule has 0 bridgehead atoms. The zero-order chi connectivity index (χ0) is 12.1. The SMILES string of the molecule is COc1cccc(CO)c1OCc1cnoc1. The first kappa shape index (κ1) is 11.5. The Balaban J connectivity index is 2.18. The van der Waals surface area contributed by atoms with E-state index in [0.29, 0.717) is 23.7 Å². The van der Waals surface area contributed by atoms with E-state index in [1.54, 1.807) is 31.5 Å². The van der Waals surface area contributed by atoms with E-state index >= 15 is 0 Å². The molecular formula is C12H13NO4. The van der Waals surface area contributed by atoms with Crippen LogP contribution in [0, 0.1) is 0 Å². The number of aromatic nitrogens is 1. The van der Waals surface area contributed by atoms with Crippen molar-refractivity contribution < 1.29 is 19.1 Å². The van der Waals surface area contributed by atoms with Gasteiger partial charge in [-0.1, -0.05) is 17.3 Å². The minimum absolute atomic E-state index is 0.101. The molecule has 17 heavy (non-hydrogen) atoms. The Hall–Kier alpha value is -2.01. The fourth-order valence-corrected chi connectivity index (χ4v) is 1.46. The fourth-order valence-electron chi connectivity index (χ4n) is 1.46. The molecule has 0 saturated carbocycles. The third kappa shape index (κ3) is 2.57. The molecule has 0 aliphatic carbocycles. The van der Waals surface area contributed by atoms with Gasteiger partial charge in [-0.2, -0.15) is 0 Å². The van der Waals surface area contributed by atoms with Crippen molar-refractivity contribution in [2.75, 3.05) is 7.11 Å². The van der Waals surface area contributed by atoms with Gasteiger partial charge in [0.05, 0.1) is 19.9 Å². The van der Waals surface area contributed by atoms with Gasteiger partial charge in [-0.3, -0.25) is 0 Å². The largest absolute Gasteiger partial charge is 0.493 e. The topological polar surface area (TPSA) is 64.7 Å². The van der Waals surface area contributed by atoms with Gasteiger partial charge in [-0.25, -0.2) is 0 Å². The lowest BCUT2D eigenvalue weighted by molar-refractivity contribution is 0.249. The van der Waals surface area contributed by atoms with E-state index in [9.17, 15) is 5.11 Å². The van der Waals surface area contributed by atoms with E-state index in [2.05, 4.69) is 5.16 Å². The van der Waals surface area contributed by atoms with Crippen molar-refractivity contribution in [3.05, 3.63) is 41.8 Å². The highest BCUT2D eigenvalue weighted by Crippen LogP contribution is 2.31. The molecule has 5 heteroatoms. The van der Waals surface area contributed by atoms with Gasteiger partial charge in [-0.15, -0.1) is 0 Å². The van der Waals surface area contributed by atoms with Crippen molar-refractivity contribution in [1.82, 2.24) is 5.16 Å². The van der Waals surface area contributed by atoms with Gasteiger partial charge in [0.2, 0.25) is 0 Å². The first-order valence-corrected chi connectivity index (χ1v) is 5.13. The second-order valence-electron chi connectivity index (χ2n) is 3.43. The van der Waals surface area contributed by atoms with Crippen LogP contribution < -0.4 is 9.47 Å². The molecule has 0 amide bonds. The van der Waals surface area contributed by atoms with Gasteiger partial charge >= 0.3 is 0 Å². The molecular weight excluding hydrogens is 222 g/mol. The number of rotatable bonds is 5. The summed E-state index contributed by atoms with van der Waals surface area (Å²) in [5.41, 5.74) is 1.50. The molecule has 0 fully saturated rings. The maximum absolute atomic E-state index is 9.23. The van der Waals surface area contributed by atoms with E-state index < -0.39 is 0 Å². The standard InChI is InChI=1S/C12H13NO4/c1-15-11-4-2-3-10(6-14)12(11)16-7-9-5-13-17-8-9/h2-5,8,14H,6-7H2,1H3. The van der Waals surface area contributed by atoms with Crippen molar-refractivity contribution in [3.63, 3.8) is 0 Å².